The first-order valence-corrected chi connectivity index (χ1v) is 8.83. The first-order valence-electron chi connectivity index (χ1n) is 7.14. The van der Waals surface area contributed by atoms with E-state index in [0.29, 0.717) is 15.0 Å². The molecule has 1 atom stereocenters. The first-order chi connectivity index (χ1) is 11.1. The van der Waals surface area contributed by atoms with Crippen LogP contribution in [0, 0.1) is 12.3 Å². The minimum atomic E-state index is -0.531. The molecule has 2 aromatic heterocycles. The summed E-state index contributed by atoms with van der Waals surface area (Å²) < 4.78 is 0. The van der Waals surface area contributed by atoms with Crippen LogP contribution in [0.1, 0.15) is 22.2 Å². The number of ketones is 1. The number of aromatic nitrogens is 2. The molecule has 4 rings (SSSR count). The molecule has 0 aliphatic carbocycles. The Balaban J connectivity index is 1.78. The van der Waals surface area contributed by atoms with E-state index >= 15 is 0 Å². The number of hydrogen-bond acceptors (Lipinski definition) is 5. The predicted molar refractivity (Wildman–Crippen MR) is 96.2 cm³/mol. The molecule has 0 spiro atoms. The Bertz CT molecular complexity index is 954. The van der Waals surface area contributed by atoms with E-state index < -0.39 is 5.92 Å². The van der Waals surface area contributed by atoms with Crippen LogP contribution in [0.2, 0.25) is 0 Å². The summed E-state index contributed by atoms with van der Waals surface area (Å²) in [7, 11) is 0. The largest absolute Gasteiger partial charge is 0.358 e. The molecular formula is C17H13N3OS2. The third-order valence-electron chi connectivity index (χ3n) is 3.90. The van der Waals surface area contributed by atoms with Crippen LogP contribution >= 0.6 is 23.1 Å². The summed E-state index contributed by atoms with van der Waals surface area (Å²) in [4.78, 5) is 20.9. The molecule has 0 saturated carbocycles. The third-order valence-corrected chi connectivity index (χ3v) is 5.74. The van der Waals surface area contributed by atoms with E-state index in [1.807, 2.05) is 42.6 Å². The molecule has 2 N–H and O–H groups in total. The second-order valence-electron chi connectivity index (χ2n) is 5.35. The summed E-state index contributed by atoms with van der Waals surface area (Å²) in [6.07, 6.45) is 3.58. The lowest BCUT2D eigenvalue weighted by atomic mass is 10.0. The fourth-order valence-corrected chi connectivity index (χ4v) is 4.59. The molecule has 1 saturated heterocycles. The number of para-hydroxylation sites is 1. The molecule has 1 aliphatic heterocycles. The normalized spacial score (nSPS) is 20.0. The number of benzene rings is 1. The summed E-state index contributed by atoms with van der Waals surface area (Å²) in [6.45, 7) is 2.00. The van der Waals surface area contributed by atoms with Crippen LogP contribution in [-0.4, -0.2) is 20.8 Å². The summed E-state index contributed by atoms with van der Waals surface area (Å²) >= 11 is 2.67. The van der Waals surface area contributed by atoms with Crippen molar-refractivity contribution in [2.75, 3.05) is 0 Å². The van der Waals surface area contributed by atoms with Crippen molar-refractivity contribution >= 4 is 50.9 Å². The topological polar surface area (TPSA) is 69.6 Å². The van der Waals surface area contributed by atoms with Crippen molar-refractivity contribution in [2.24, 2.45) is 0 Å². The van der Waals surface area contributed by atoms with Gasteiger partial charge in [0.15, 0.2) is 5.78 Å². The first kappa shape index (κ1) is 14.4. The van der Waals surface area contributed by atoms with E-state index in [2.05, 4.69) is 9.97 Å². The number of aryl methyl sites for hydroxylation is 1. The van der Waals surface area contributed by atoms with Crippen LogP contribution in [-0.2, 0) is 4.79 Å². The van der Waals surface area contributed by atoms with Gasteiger partial charge in [-0.3, -0.25) is 10.2 Å². The highest BCUT2D eigenvalue weighted by Gasteiger charge is 2.38. The minimum absolute atomic E-state index is 0.0281. The van der Waals surface area contributed by atoms with Crippen molar-refractivity contribution in [1.82, 2.24) is 9.97 Å². The zero-order valence-electron chi connectivity index (χ0n) is 12.3. The van der Waals surface area contributed by atoms with Crippen LogP contribution in [0.4, 0.5) is 0 Å². The monoisotopic (exact) mass is 339 g/mol. The SMILES string of the molecule is Cc1[nH]c2ccccc2c1/C=C1\SC(=N)[C@H](c2nccs2)C1=O. The number of nitrogens with zero attached hydrogens (tertiary/aromatic N) is 1. The highest BCUT2D eigenvalue weighted by atomic mass is 32.2. The molecule has 0 radical (unpaired) electrons. The molecule has 3 aromatic rings. The molecule has 23 heavy (non-hydrogen) atoms. The maximum atomic E-state index is 12.7. The molecule has 1 aliphatic rings. The van der Waals surface area contributed by atoms with Gasteiger partial charge >= 0.3 is 0 Å². The van der Waals surface area contributed by atoms with Gasteiger partial charge in [0.2, 0.25) is 0 Å². The Kier molecular flexibility index (Phi) is 3.43. The van der Waals surface area contributed by atoms with E-state index in [-0.39, 0.29) is 5.78 Å². The zero-order valence-corrected chi connectivity index (χ0v) is 13.9. The van der Waals surface area contributed by atoms with E-state index in [9.17, 15) is 4.79 Å². The van der Waals surface area contributed by atoms with Gasteiger partial charge in [0.05, 0.1) is 9.95 Å². The van der Waals surface area contributed by atoms with Crippen LogP contribution in [0.25, 0.3) is 17.0 Å². The lowest BCUT2D eigenvalue weighted by molar-refractivity contribution is -0.114. The zero-order chi connectivity index (χ0) is 16.0. The number of thioether (sulfide) groups is 1. The molecular weight excluding hydrogens is 326 g/mol. The van der Waals surface area contributed by atoms with Crippen molar-refractivity contribution in [1.29, 1.82) is 5.41 Å². The van der Waals surface area contributed by atoms with E-state index in [1.54, 1.807) is 6.20 Å². The third kappa shape index (κ3) is 2.34. The number of fused-ring (bicyclic) bond motifs is 1. The Morgan fingerprint density at radius 3 is 2.96 bits per heavy atom. The average Bonchev–Trinajstić information content (AvgIpc) is 3.21. The van der Waals surface area contributed by atoms with Gasteiger partial charge in [0.1, 0.15) is 10.9 Å². The maximum absolute atomic E-state index is 12.7. The lowest BCUT2D eigenvalue weighted by Gasteiger charge is -2.01. The minimum Gasteiger partial charge on any atom is -0.358 e. The fraction of sp³-hybridized carbons (Fsp3) is 0.118. The summed E-state index contributed by atoms with van der Waals surface area (Å²) in [5.74, 6) is -0.559. The van der Waals surface area contributed by atoms with Gasteiger partial charge < -0.3 is 4.98 Å². The smallest absolute Gasteiger partial charge is 0.186 e. The Morgan fingerprint density at radius 1 is 1.35 bits per heavy atom. The standard InChI is InChI=1S/C17H13N3OS2/c1-9-11(10-4-2-3-5-12(10)20-9)8-13-15(21)14(16(18)23-13)17-19-6-7-22-17/h2-8,14,18,20H,1H3/b13-8-,18-16?/t14-/m1/s1. The number of thiazole rings is 1. The Hall–Kier alpha value is -2.18. The number of H-pyrrole nitrogens is 1. The Labute approximate surface area is 141 Å². The maximum Gasteiger partial charge on any atom is 0.186 e. The number of nitrogens with one attached hydrogen (secondary N) is 2. The quantitative estimate of drug-likeness (QED) is 0.682. The van der Waals surface area contributed by atoms with Crippen molar-refractivity contribution < 1.29 is 4.79 Å². The lowest BCUT2D eigenvalue weighted by Crippen LogP contribution is -2.11. The number of rotatable bonds is 2. The fourth-order valence-electron chi connectivity index (χ4n) is 2.81. The Morgan fingerprint density at radius 2 is 2.17 bits per heavy atom. The predicted octanol–water partition coefficient (Wildman–Crippen LogP) is 4.35. The van der Waals surface area contributed by atoms with Crippen molar-refractivity contribution in [3.63, 3.8) is 0 Å². The molecule has 114 valence electrons. The van der Waals surface area contributed by atoms with Crippen LogP contribution in [0.3, 0.4) is 0 Å². The molecule has 3 heterocycles. The molecule has 1 aromatic carbocycles. The molecule has 0 amide bonds. The number of carbonyl (C=O) groups is 1. The van der Waals surface area contributed by atoms with Gasteiger partial charge in [-0.05, 0) is 19.1 Å². The van der Waals surface area contributed by atoms with Gasteiger partial charge in [-0.25, -0.2) is 4.98 Å². The van der Waals surface area contributed by atoms with Crippen LogP contribution < -0.4 is 0 Å². The molecule has 6 heteroatoms. The molecule has 4 nitrogen and oxygen atoms in total. The number of carbonyl (C=O) groups excluding carboxylic acids is 1. The summed E-state index contributed by atoms with van der Waals surface area (Å²) in [6, 6.07) is 8.04. The highest BCUT2D eigenvalue weighted by molar-refractivity contribution is 8.19. The summed E-state index contributed by atoms with van der Waals surface area (Å²) in [5.41, 5.74) is 3.10. The summed E-state index contributed by atoms with van der Waals surface area (Å²) in [5, 5.41) is 12.1. The van der Waals surface area contributed by atoms with Gasteiger partial charge in [-0.15, -0.1) is 11.3 Å². The van der Waals surface area contributed by atoms with Crippen molar-refractivity contribution in [3.8, 4) is 0 Å². The van der Waals surface area contributed by atoms with Crippen LogP contribution in [0.5, 0.6) is 0 Å². The van der Waals surface area contributed by atoms with Gasteiger partial charge in [-0.2, -0.15) is 0 Å². The van der Waals surface area contributed by atoms with Crippen molar-refractivity contribution in [3.05, 3.63) is 57.0 Å². The van der Waals surface area contributed by atoms with Crippen LogP contribution in [0.15, 0.2) is 40.7 Å². The second kappa shape index (κ2) is 5.47. The highest BCUT2D eigenvalue weighted by Crippen LogP contribution is 2.42. The van der Waals surface area contributed by atoms with Gasteiger partial charge in [-0.1, -0.05) is 30.0 Å². The molecule has 0 unspecified atom stereocenters. The van der Waals surface area contributed by atoms with E-state index in [0.717, 1.165) is 22.2 Å². The van der Waals surface area contributed by atoms with E-state index in [1.165, 1.54) is 23.1 Å². The molecule has 0 bridgehead atoms. The average molecular weight is 339 g/mol. The van der Waals surface area contributed by atoms with E-state index in [4.69, 9.17) is 5.41 Å². The number of aromatic amines is 1. The van der Waals surface area contributed by atoms with Gasteiger partial charge in [0, 0.05) is 33.7 Å². The molecule has 1 fully saturated rings. The number of Topliss-reactive ketones (excluding diaryl/α,β-unsaturated/α-hetero) is 1. The number of hydrogen-bond donors (Lipinski definition) is 2. The number of allylic oxidation sites excluding steroid dienone is 1. The second-order valence-corrected chi connectivity index (χ2v) is 7.36. The van der Waals surface area contributed by atoms with Gasteiger partial charge in [0.25, 0.3) is 0 Å². The van der Waals surface area contributed by atoms with Crippen molar-refractivity contribution in [2.45, 2.75) is 12.8 Å².